The summed E-state index contributed by atoms with van der Waals surface area (Å²) in [4.78, 5) is 28.1. The molecule has 0 radical (unpaired) electrons. The zero-order chi connectivity index (χ0) is 16.6. The van der Waals surface area contributed by atoms with Gasteiger partial charge in [-0.15, -0.1) is 0 Å². The highest BCUT2D eigenvalue weighted by atomic mass is 19.1. The van der Waals surface area contributed by atoms with Gasteiger partial charge in [0.2, 0.25) is 11.8 Å². The standard InChI is InChI=1S/C17H21FN2O3/c1-11-8-13(2-3-15(11)18)20-10-12(9-16(20)22)17(23)19-6-4-14(21)5-7-19/h2-3,8,12,14,21H,4-7,9-10H2,1H3. The van der Waals surface area contributed by atoms with Gasteiger partial charge in [0.05, 0.1) is 12.0 Å². The van der Waals surface area contributed by atoms with E-state index in [1.807, 2.05) is 0 Å². The van der Waals surface area contributed by atoms with Crippen LogP contribution in [0, 0.1) is 18.7 Å². The lowest BCUT2D eigenvalue weighted by atomic mass is 10.0. The lowest BCUT2D eigenvalue weighted by molar-refractivity contribution is -0.137. The molecule has 124 valence electrons. The number of hydrogen-bond donors (Lipinski definition) is 1. The monoisotopic (exact) mass is 320 g/mol. The van der Waals surface area contributed by atoms with E-state index in [1.165, 1.54) is 6.07 Å². The van der Waals surface area contributed by atoms with Crippen LogP contribution >= 0.6 is 0 Å². The number of aliphatic hydroxyl groups is 1. The normalized spacial score (nSPS) is 22.7. The minimum Gasteiger partial charge on any atom is -0.393 e. The molecule has 0 aliphatic carbocycles. The van der Waals surface area contributed by atoms with Gasteiger partial charge < -0.3 is 14.9 Å². The van der Waals surface area contributed by atoms with Crippen LogP contribution in [0.15, 0.2) is 18.2 Å². The quantitative estimate of drug-likeness (QED) is 0.898. The summed E-state index contributed by atoms with van der Waals surface area (Å²) in [5, 5.41) is 9.52. The first kappa shape index (κ1) is 15.9. The number of aliphatic hydroxyl groups excluding tert-OH is 1. The second-order valence-corrected chi connectivity index (χ2v) is 6.40. The van der Waals surface area contributed by atoms with Crippen LogP contribution in [0.5, 0.6) is 0 Å². The van der Waals surface area contributed by atoms with Crippen LogP contribution in [0.3, 0.4) is 0 Å². The second kappa shape index (κ2) is 6.28. The topological polar surface area (TPSA) is 60.9 Å². The lowest BCUT2D eigenvalue weighted by Gasteiger charge is -2.31. The van der Waals surface area contributed by atoms with Crippen LogP contribution in [-0.2, 0) is 9.59 Å². The van der Waals surface area contributed by atoms with Gasteiger partial charge in [0.15, 0.2) is 0 Å². The Labute approximate surface area is 134 Å². The highest BCUT2D eigenvalue weighted by Gasteiger charge is 2.38. The molecule has 0 aromatic heterocycles. The molecule has 0 bridgehead atoms. The first-order chi connectivity index (χ1) is 11.0. The van der Waals surface area contributed by atoms with Crippen LogP contribution in [0.25, 0.3) is 0 Å². The zero-order valence-corrected chi connectivity index (χ0v) is 13.2. The summed E-state index contributed by atoms with van der Waals surface area (Å²) in [6, 6.07) is 4.56. The number of aryl methyl sites for hydroxylation is 1. The van der Waals surface area contributed by atoms with Crippen molar-refractivity contribution < 1.29 is 19.1 Å². The highest BCUT2D eigenvalue weighted by molar-refractivity contribution is 6.00. The molecule has 2 aliphatic heterocycles. The smallest absolute Gasteiger partial charge is 0.228 e. The number of anilines is 1. The fourth-order valence-corrected chi connectivity index (χ4v) is 3.26. The van der Waals surface area contributed by atoms with Crippen molar-refractivity contribution in [2.75, 3.05) is 24.5 Å². The molecule has 2 heterocycles. The van der Waals surface area contributed by atoms with Crippen LogP contribution in [-0.4, -0.2) is 47.6 Å². The predicted molar refractivity (Wildman–Crippen MR) is 83.4 cm³/mol. The largest absolute Gasteiger partial charge is 0.393 e. The Morgan fingerprint density at radius 2 is 2.00 bits per heavy atom. The summed E-state index contributed by atoms with van der Waals surface area (Å²) in [5.74, 6) is -0.791. The van der Waals surface area contributed by atoms with Crippen molar-refractivity contribution in [2.24, 2.45) is 5.92 Å². The summed E-state index contributed by atoms with van der Waals surface area (Å²) in [7, 11) is 0. The fourth-order valence-electron chi connectivity index (χ4n) is 3.26. The van der Waals surface area contributed by atoms with E-state index in [1.54, 1.807) is 28.9 Å². The third-order valence-electron chi connectivity index (χ3n) is 4.70. The lowest BCUT2D eigenvalue weighted by Crippen LogP contribution is -2.43. The Hall–Kier alpha value is -1.95. The molecular weight excluding hydrogens is 299 g/mol. The van der Waals surface area contributed by atoms with Crippen molar-refractivity contribution in [3.05, 3.63) is 29.6 Å². The summed E-state index contributed by atoms with van der Waals surface area (Å²) < 4.78 is 13.4. The van der Waals surface area contributed by atoms with E-state index in [-0.39, 0.29) is 36.1 Å². The molecule has 2 fully saturated rings. The first-order valence-corrected chi connectivity index (χ1v) is 7.99. The number of halogens is 1. The minimum absolute atomic E-state index is 0.0217. The van der Waals surface area contributed by atoms with Crippen molar-refractivity contribution in [1.29, 1.82) is 0 Å². The number of hydrogen-bond acceptors (Lipinski definition) is 3. The zero-order valence-electron chi connectivity index (χ0n) is 13.2. The molecule has 2 aliphatic rings. The minimum atomic E-state index is -0.358. The van der Waals surface area contributed by atoms with Gasteiger partial charge in [-0.2, -0.15) is 0 Å². The Balaban J connectivity index is 1.69. The van der Waals surface area contributed by atoms with Crippen LogP contribution in [0.4, 0.5) is 10.1 Å². The predicted octanol–water partition coefficient (Wildman–Crippen LogP) is 1.47. The fraction of sp³-hybridized carbons (Fsp3) is 0.529. The number of rotatable bonds is 2. The molecule has 3 rings (SSSR count). The van der Waals surface area contributed by atoms with E-state index in [0.717, 1.165) is 0 Å². The van der Waals surface area contributed by atoms with Gasteiger partial charge >= 0.3 is 0 Å². The van der Waals surface area contributed by atoms with E-state index < -0.39 is 0 Å². The number of benzene rings is 1. The SMILES string of the molecule is Cc1cc(N2CC(C(=O)N3CCC(O)CC3)CC2=O)ccc1F. The number of amides is 2. The van der Waals surface area contributed by atoms with E-state index >= 15 is 0 Å². The Morgan fingerprint density at radius 3 is 2.65 bits per heavy atom. The van der Waals surface area contributed by atoms with E-state index in [2.05, 4.69) is 0 Å². The van der Waals surface area contributed by atoms with E-state index in [4.69, 9.17) is 0 Å². The average Bonchev–Trinajstić information content (AvgIpc) is 2.92. The number of nitrogens with zero attached hydrogens (tertiary/aromatic N) is 2. The maximum Gasteiger partial charge on any atom is 0.228 e. The maximum absolute atomic E-state index is 13.4. The molecule has 5 nitrogen and oxygen atoms in total. The highest BCUT2D eigenvalue weighted by Crippen LogP contribution is 2.28. The number of likely N-dealkylation sites (tertiary alicyclic amines) is 1. The third-order valence-corrected chi connectivity index (χ3v) is 4.70. The molecule has 0 spiro atoms. The Bertz CT molecular complexity index is 626. The van der Waals surface area contributed by atoms with Gasteiger partial charge in [0.1, 0.15) is 5.82 Å². The number of carbonyl (C=O) groups is 2. The molecule has 6 heteroatoms. The van der Waals surface area contributed by atoms with Gasteiger partial charge in [-0.25, -0.2) is 4.39 Å². The van der Waals surface area contributed by atoms with Gasteiger partial charge in [-0.3, -0.25) is 9.59 Å². The van der Waals surface area contributed by atoms with Gasteiger partial charge in [0.25, 0.3) is 0 Å². The van der Waals surface area contributed by atoms with Crippen molar-refractivity contribution in [2.45, 2.75) is 32.3 Å². The maximum atomic E-state index is 13.4. The number of carbonyl (C=O) groups excluding carboxylic acids is 2. The summed E-state index contributed by atoms with van der Waals surface area (Å²) in [6.45, 7) is 3.07. The molecule has 1 aromatic rings. The number of piperidine rings is 1. The molecule has 1 unspecified atom stereocenters. The third kappa shape index (κ3) is 3.22. The molecule has 1 N–H and O–H groups in total. The molecular formula is C17H21FN2O3. The Kier molecular flexibility index (Phi) is 4.35. The second-order valence-electron chi connectivity index (χ2n) is 6.40. The average molecular weight is 320 g/mol. The van der Waals surface area contributed by atoms with Crippen molar-refractivity contribution in [3.63, 3.8) is 0 Å². The summed E-state index contributed by atoms with van der Waals surface area (Å²) in [6.07, 6.45) is 1.04. The molecule has 0 saturated carbocycles. The van der Waals surface area contributed by atoms with Crippen LogP contribution in [0.1, 0.15) is 24.8 Å². The van der Waals surface area contributed by atoms with Crippen LogP contribution in [0.2, 0.25) is 0 Å². The first-order valence-electron chi connectivity index (χ1n) is 7.99. The van der Waals surface area contributed by atoms with E-state index in [0.29, 0.717) is 43.7 Å². The molecule has 2 saturated heterocycles. The van der Waals surface area contributed by atoms with Gasteiger partial charge in [-0.05, 0) is 43.5 Å². The van der Waals surface area contributed by atoms with Crippen molar-refractivity contribution >= 4 is 17.5 Å². The molecule has 2 amide bonds. The molecule has 1 aromatic carbocycles. The molecule has 23 heavy (non-hydrogen) atoms. The summed E-state index contributed by atoms with van der Waals surface area (Å²) >= 11 is 0. The Morgan fingerprint density at radius 1 is 1.30 bits per heavy atom. The van der Waals surface area contributed by atoms with Gasteiger partial charge in [-0.1, -0.05) is 0 Å². The van der Waals surface area contributed by atoms with Crippen molar-refractivity contribution in [1.82, 2.24) is 4.90 Å². The van der Waals surface area contributed by atoms with Crippen molar-refractivity contribution in [3.8, 4) is 0 Å². The molecule has 1 atom stereocenters. The van der Waals surface area contributed by atoms with E-state index in [9.17, 15) is 19.1 Å². The van der Waals surface area contributed by atoms with Crippen LogP contribution < -0.4 is 4.90 Å². The summed E-state index contributed by atoms with van der Waals surface area (Å²) in [5.41, 5.74) is 1.12. The van der Waals surface area contributed by atoms with Gasteiger partial charge in [0, 0.05) is 31.7 Å².